The SMILES string of the molecule is CC.CC.CC(C)(C)CCO.CCCCNc1nc(NCCC(C)C)nc(NCc2cccc(F)c2)n1.CCCCn1c(C)nc2cc(C(=O)Nc3nc(-c4ccccn4)cs3)ccc21.S. The summed E-state index contributed by atoms with van der Waals surface area (Å²) in [4.78, 5) is 39.3. The Morgan fingerprint density at radius 3 is 2.06 bits per heavy atom. The number of hydrogen-bond donors (Lipinski definition) is 5. The van der Waals surface area contributed by atoms with E-state index < -0.39 is 0 Å². The van der Waals surface area contributed by atoms with Gasteiger partial charge in [0.05, 0.1) is 16.7 Å². The van der Waals surface area contributed by atoms with E-state index in [1.54, 1.807) is 12.3 Å². The van der Waals surface area contributed by atoms with Crippen molar-refractivity contribution in [3.8, 4) is 11.4 Å². The van der Waals surface area contributed by atoms with Crippen LogP contribution in [-0.2, 0) is 13.1 Å². The molecule has 0 fully saturated rings. The van der Waals surface area contributed by atoms with Crippen LogP contribution in [0.5, 0.6) is 0 Å². The maximum absolute atomic E-state index is 13.3. The van der Waals surface area contributed by atoms with E-state index in [-0.39, 0.29) is 25.2 Å². The lowest BCUT2D eigenvalue weighted by Gasteiger charge is -2.14. The fourth-order valence-electron chi connectivity index (χ4n) is 5.75. The average molecular weight is 948 g/mol. The quantitative estimate of drug-likeness (QED) is 0.0520. The van der Waals surface area contributed by atoms with Crippen molar-refractivity contribution in [2.45, 2.75) is 135 Å². The molecule has 6 rings (SSSR count). The van der Waals surface area contributed by atoms with Crippen molar-refractivity contribution in [3.05, 3.63) is 95.0 Å². The topological polar surface area (TPSA) is 168 Å². The number of unbranched alkanes of at least 4 members (excludes halogenated alkanes) is 2. The predicted molar refractivity (Wildman–Crippen MR) is 282 cm³/mol. The van der Waals surface area contributed by atoms with Gasteiger partial charge < -0.3 is 25.6 Å². The molecule has 0 radical (unpaired) electrons. The zero-order valence-electron chi connectivity index (χ0n) is 41.6. The highest BCUT2D eigenvalue weighted by Crippen LogP contribution is 2.25. The largest absolute Gasteiger partial charge is 0.396 e. The highest BCUT2D eigenvalue weighted by molar-refractivity contribution is 7.59. The molecular weight excluding hydrogens is 870 g/mol. The molecule has 0 aliphatic heterocycles. The summed E-state index contributed by atoms with van der Waals surface area (Å²) in [6.45, 7) is 28.3. The zero-order chi connectivity index (χ0) is 48.2. The van der Waals surface area contributed by atoms with Gasteiger partial charge in [0.2, 0.25) is 17.8 Å². The van der Waals surface area contributed by atoms with Crippen LogP contribution in [0, 0.1) is 24.1 Å². The molecule has 66 heavy (non-hydrogen) atoms. The van der Waals surface area contributed by atoms with Gasteiger partial charge in [-0.15, -0.1) is 11.3 Å². The van der Waals surface area contributed by atoms with Gasteiger partial charge >= 0.3 is 0 Å². The van der Waals surface area contributed by atoms with Crippen LogP contribution in [0.1, 0.15) is 136 Å². The van der Waals surface area contributed by atoms with Crippen LogP contribution in [0.2, 0.25) is 0 Å². The highest BCUT2D eigenvalue weighted by Gasteiger charge is 2.14. The molecule has 13 nitrogen and oxygen atoms in total. The Balaban J connectivity index is 0.000000536. The molecule has 364 valence electrons. The van der Waals surface area contributed by atoms with Crippen LogP contribution in [0.4, 0.5) is 27.4 Å². The van der Waals surface area contributed by atoms with Crippen LogP contribution >= 0.6 is 24.8 Å². The number of aromatic nitrogens is 7. The molecular formula is C50H78FN11O2S2. The third-order valence-electron chi connectivity index (χ3n) is 9.24. The number of pyridine rings is 1. The molecule has 0 unspecified atom stereocenters. The minimum Gasteiger partial charge on any atom is -0.396 e. The summed E-state index contributed by atoms with van der Waals surface area (Å²) in [7, 11) is 0. The summed E-state index contributed by atoms with van der Waals surface area (Å²) in [6.07, 6.45) is 8.05. The fraction of sp³-hybridized carbons (Fsp3) is 0.500. The van der Waals surface area contributed by atoms with E-state index in [2.05, 4.69) is 104 Å². The Hall–Kier alpha value is -5.19. The Labute approximate surface area is 405 Å². The molecule has 0 aliphatic carbocycles. The third kappa shape index (κ3) is 21.9. The number of carbonyl (C=O) groups is 1. The molecule has 0 aliphatic rings. The minimum atomic E-state index is -0.252. The van der Waals surface area contributed by atoms with Crippen LogP contribution in [0.15, 0.2) is 72.2 Å². The Bertz CT molecular complexity index is 2230. The monoisotopic (exact) mass is 948 g/mol. The number of halogens is 1. The van der Waals surface area contributed by atoms with Gasteiger partial charge in [0.15, 0.2) is 5.13 Å². The van der Waals surface area contributed by atoms with Crippen LogP contribution in [-0.4, -0.2) is 65.2 Å². The number of fused-ring (bicyclic) bond motifs is 1. The van der Waals surface area contributed by atoms with E-state index in [4.69, 9.17) is 5.11 Å². The van der Waals surface area contributed by atoms with Gasteiger partial charge in [-0.05, 0) is 92.0 Å². The lowest BCUT2D eigenvalue weighted by Crippen LogP contribution is -2.14. The lowest BCUT2D eigenvalue weighted by atomic mass is 9.93. The number of aliphatic hydroxyl groups is 1. The standard InChI is InChI=1S/C21H21N5OS.C19H29FN6.C6H14O.2C2H6.H2S/c1-3-4-11-26-14(2)23-17-12-15(8-9-19(17)26)20(27)25-21-24-18(13-28-21)16-7-5-6-10-22-16;1-4-5-10-21-17-24-18(22-11-9-14(2)3)26-19(25-17)23-13-15-7-6-8-16(20)12-15;1-6(2,3)4-5-7;2*1-2;/h5-10,12-13H,3-4,11H2,1-2H3,(H,24,25,27);6-8,12,14H,4-5,9-11,13H2,1-3H3,(H3,21,22,23,24,25,26);7H,4-5H2,1-3H3;2*1-2H3;1H2. The number of nitrogens with zero attached hydrogens (tertiary/aromatic N) is 7. The van der Waals surface area contributed by atoms with E-state index in [0.29, 0.717) is 53.0 Å². The molecule has 2 aromatic carbocycles. The summed E-state index contributed by atoms with van der Waals surface area (Å²) < 4.78 is 15.5. The first kappa shape index (κ1) is 58.8. The van der Waals surface area contributed by atoms with Crippen molar-refractivity contribution >= 4 is 64.7 Å². The van der Waals surface area contributed by atoms with Gasteiger partial charge in [0.1, 0.15) is 17.3 Å². The van der Waals surface area contributed by atoms with Crippen molar-refractivity contribution in [1.29, 1.82) is 0 Å². The molecule has 0 spiro atoms. The van der Waals surface area contributed by atoms with Gasteiger partial charge in [-0.2, -0.15) is 28.4 Å². The number of anilines is 4. The summed E-state index contributed by atoms with van der Waals surface area (Å²) in [5.41, 5.74) is 5.15. The highest BCUT2D eigenvalue weighted by atomic mass is 32.1. The maximum atomic E-state index is 13.3. The van der Waals surface area contributed by atoms with Crippen LogP contribution < -0.4 is 21.3 Å². The molecule has 16 heteroatoms. The van der Waals surface area contributed by atoms with E-state index in [1.807, 2.05) is 82.5 Å². The second-order valence-corrected chi connectivity index (χ2v) is 17.1. The maximum Gasteiger partial charge on any atom is 0.257 e. The summed E-state index contributed by atoms with van der Waals surface area (Å²) in [5.74, 6) is 2.69. The normalized spacial score (nSPS) is 10.4. The molecule has 0 bridgehead atoms. The molecule has 0 atom stereocenters. The first-order chi connectivity index (χ1) is 31.3. The zero-order valence-corrected chi connectivity index (χ0v) is 43.4. The molecule has 0 saturated heterocycles. The van der Waals surface area contributed by atoms with Gasteiger partial charge in [-0.25, -0.2) is 14.4 Å². The minimum absolute atomic E-state index is 0. The number of amides is 1. The Morgan fingerprint density at radius 2 is 1.48 bits per heavy atom. The second kappa shape index (κ2) is 32.5. The van der Waals surface area contributed by atoms with Gasteiger partial charge in [-0.3, -0.25) is 15.1 Å². The Kier molecular flexibility index (Phi) is 28.9. The summed E-state index contributed by atoms with van der Waals surface area (Å²) in [5, 5.41) is 23.3. The number of thiazole rings is 1. The predicted octanol–water partition coefficient (Wildman–Crippen LogP) is 12.8. The van der Waals surface area contributed by atoms with Crippen molar-refractivity contribution in [3.63, 3.8) is 0 Å². The number of imidazole rings is 1. The first-order valence-electron chi connectivity index (χ1n) is 23.3. The summed E-state index contributed by atoms with van der Waals surface area (Å²) in [6, 6.07) is 17.8. The Morgan fingerprint density at radius 1 is 0.818 bits per heavy atom. The van der Waals surface area contributed by atoms with E-state index in [0.717, 1.165) is 92.0 Å². The summed E-state index contributed by atoms with van der Waals surface area (Å²) >= 11 is 1.38. The molecule has 1 amide bonds. The van der Waals surface area contributed by atoms with E-state index in [9.17, 15) is 9.18 Å². The third-order valence-corrected chi connectivity index (χ3v) is 10.0. The van der Waals surface area contributed by atoms with Crippen molar-refractivity contribution in [2.24, 2.45) is 11.3 Å². The van der Waals surface area contributed by atoms with E-state index >= 15 is 0 Å². The number of carbonyl (C=O) groups excluding carboxylic acids is 1. The van der Waals surface area contributed by atoms with E-state index in [1.165, 1.54) is 23.5 Å². The smallest absolute Gasteiger partial charge is 0.257 e. The van der Waals surface area contributed by atoms with Gasteiger partial charge in [0.25, 0.3) is 5.91 Å². The van der Waals surface area contributed by atoms with Gasteiger partial charge in [-0.1, -0.05) is 107 Å². The number of rotatable bonds is 18. The number of aliphatic hydroxyl groups excluding tert-OH is 1. The van der Waals surface area contributed by atoms with Crippen LogP contribution in [0.25, 0.3) is 22.4 Å². The lowest BCUT2D eigenvalue weighted by molar-refractivity contribution is 0.102. The molecule has 4 heterocycles. The van der Waals surface area contributed by atoms with Gasteiger partial charge in [0, 0.05) is 49.9 Å². The number of nitrogens with one attached hydrogen (secondary N) is 4. The second-order valence-electron chi connectivity index (χ2n) is 16.3. The number of aryl methyl sites for hydroxylation is 2. The average Bonchev–Trinajstić information content (AvgIpc) is 3.89. The fourth-order valence-corrected chi connectivity index (χ4v) is 6.45. The molecule has 6 aromatic rings. The number of benzene rings is 2. The molecule has 0 saturated carbocycles. The van der Waals surface area contributed by atoms with Crippen molar-refractivity contribution in [2.75, 3.05) is 41.0 Å². The number of hydrogen-bond acceptors (Lipinski definition) is 12. The first-order valence-corrected chi connectivity index (χ1v) is 24.1. The van der Waals surface area contributed by atoms with Crippen LogP contribution in [0.3, 0.4) is 0 Å². The molecule has 5 N–H and O–H groups in total. The van der Waals surface area contributed by atoms with Crippen molar-refractivity contribution < 1.29 is 14.3 Å². The van der Waals surface area contributed by atoms with Crippen molar-refractivity contribution in [1.82, 2.24) is 34.5 Å². The molecule has 4 aromatic heterocycles.